The van der Waals surface area contributed by atoms with E-state index in [1.54, 1.807) is 7.05 Å². The standard InChI is InChI=1S/C15H20N2O3/c1-6-7-12(15(2,3)4)20-14(19)11-8-10(13(16)18)9-17(11)5/h1,8-9,12H,7H2,2-5H3,(H2,16,18). The number of hydrogen-bond acceptors (Lipinski definition) is 3. The number of aromatic nitrogens is 1. The Balaban J connectivity index is 2.95. The van der Waals surface area contributed by atoms with Gasteiger partial charge in [0.2, 0.25) is 5.91 Å². The van der Waals surface area contributed by atoms with Gasteiger partial charge in [0.05, 0.1) is 5.56 Å². The van der Waals surface area contributed by atoms with E-state index >= 15 is 0 Å². The molecule has 20 heavy (non-hydrogen) atoms. The zero-order valence-corrected chi connectivity index (χ0v) is 12.3. The van der Waals surface area contributed by atoms with Crippen LogP contribution in [0.1, 0.15) is 48.0 Å². The zero-order valence-electron chi connectivity index (χ0n) is 12.3. The Labute approximate surface area is 119 Å². The third-order valence-corrected chi connectivity index (χ3v) is 3.02. The van der Waals surface area contributed by atoms with Crippen LogP contribution in [-0.2, 0) is 11.8 Å². The van der Waals surface area contributed by atoms with Crippen LogP contribution in [0.4, 0.5) is 0 Å². The van der Waals surface area contributed by atoms with Crippen molar-refractivity contribution >= 4 is 11.9 Å². The van der Waals surface area contributed by atoms with E-state index in [0.717, 1.165) is 0 Å². The van der Waals surface area contributed by atoms with Gasteiger partial charge in [0.25, 0.3) is 0 Å². The van der Waals surface area contributed by atoms with Gasteiger partial charge in [-0.2, -0.15) is 0 Å². The number of ether oxygens (including phenoxy) is 1. The highest BCUT2D eigenvalue weighted by Gasteiger charge is 2.29. The number of esters is 1. The quantitative estimate of drug-likeness (QED) is 0.672. The lowest BCUT2D eigenvalue weighted by Crippen LogP contribution is -2.31. The molecule has 0 saturated carbocycles. The van der Waals surface area contributed by atoms with Gasteiger partial charge in [0.15, 0.2) is 0 Å². The number of nitrogens with zero attached hydrogens (tertiary/aromatic N) is 1. The van der Waals surface area contributed by atoms with Gasteiger partial charge in [0.1, 0.15) is 11.8 Å². The first kappa shape index (κ1) is 15.8. The summed E-state index contributed by atoms with van der Waals surface area (Å²) >= 11 is 0. The smallest absolute Gasteiger partial charge is 0.355 e. The third kappa shape index (κ3) is 3.64. The van der Waals surface area contributed by atoms with Crippen molar-refractivity contribution in [3.8, 4) is 12.3 Å². The minimum Gasteiger partial charge on any atom is -0.456 e. The summed E-state index contributed by atoms with van der Waals surface area (Å²) in [6.07, 6.45) is 6.74. The summed E-state index contributed by atoms with van der Waals surface area (Å²) in [7, 11) is 1.65. The fraction of sp³-hybridized carbons (Fsp3) is 0.467. The third-order valence-electron chi connectivity index (χ3n) is 3.02. The summed E-state index contributed by atoms with van der Waals surface area (Å²) in [6, 6.07) is 1.42. The number of amides is 1. The van der Waals surface area contributed by atoms with E-state index in [2.05, 4.69) is 5.92 Å². The van der Waals surface area contributed by atoms with Crippen molar-refractivity contribution in [2.75, 3.05) is 0 Å². The van der Waals surface area contributed by atoms with E-state index in [1.807, 2.05) is 20.8 Å². The average Bonchev–Trinajstić information content (AvgIpc) is 2.69. The van der Waals surface area contributed by atoms with Crippen LogP contribution in [0.15, 0.2) is 12.3 Å². The molecule has 1 atom stereocenters. The van der Waals surface area contributed by atoms with Crippen LogP contribution in [0, 0.1) is 17.8 Å². The maximum atomic E-state index is 12.2. The summed E-state index contributed by atoms with van der Waals surface area (Å²) in [5, 5.41) is 0. The maximum absolute atomic E-state index is 12.2. The molecule has 0 aliphatic rings. The lowest BCUT2D eigenvalue weighted by Gasteiger charge is -2.28. The van der Waals surface area contributed by atoms with Crippen molar-refractivity contribution in [2.45, 2.75) is 33.3 Å². The summed E-state index contributed by atoms with van der Waals surface area (Å²) in [4.78, 5) is 23.3. The summed E-state index contributed by atoms with van der Waals surface area (Å²) in [6.45, 7) is 5.84. The predicted molar refractivity (Wildman–Crippen MR) is 76.0 cm³/mol. The predicted octanol–water partition coefficient (Wildman–Crippen LogP) is 1.72. The van der Waals surface area contributed by atoms with Crippen molar-refractivity contribution in [1.29, 1.82) is 0 Å². The molecule has 5 heteroatoms. The van der Waals surface area contributed by atoms with Gasteiger partial charge in [-0.3, -0.25) is 4.79 Å². The molecule has 0 bridgehead atoms. The second kappa shape index (κ2) is 5.83. The molecule has 1 aromatic rings. The highest BCUT2D eigenvalue weighted by atomic mass is 16.5. The highest BCUT2D eigenvalue weighted by Crippen LogP contribution is 2.25. The Morgan fingerprint density at radius 2 is 2.10 bits per heavy atom. The zero-order chi connectivity index (χ0) is 15.5. The molecule has 5 nitrogen and oxygen atoms in total. The Bertz CT molecular complexity index is 559. The molecule has 0 spiro atoms. The molecule has 0 aliphatic heterocycles. The van der Waals surface area contributed by atoms with Gasteiger partial charge in [-0.25, -0.2) is 4.79 Å². The molecule has 0 fully saturated rings. The van der Waals surface area contributed by atoms with E-state index in [4.69, 9.17) is 16.9 Å². The van der Waals surface area contributed by atoms with Crippen LogP contribution in [0.3, 0.4) is 0 Å². The number of rotatable bonds is 4. The lowest BCUT2D eigenvalue weighted by atomic mass is 9.87. The van der Waals surface area contributed by atoms with E-state index in [-0.39, 0.29) is 16.7 Å². The highest BCUT2D eigenvalue weighted by molar-refractivity contribution is 5.96. The van der Waals surface area contributed by atoms with Crippen molar-refractivity contribution in [3.63, 3.8) is 0 Å². The fourth-order valence-electron chi connectivity index (χ4n) is 1.72. The van der Waals surface area contributed by atoms with Gasteiger partial charge in [-0.1, -0.05) is 20.8 Å². The van der Waals surface area contributed by atoms with Crippen molar-refractivity contribution in [1.82, 2.24) is 4.57 Å². The Kier molecular flexibility index (Phi) is 4.61. The molecule has 108 valence electrons. The van der Waals surface area contributed by atoms with Gasteiger partial charge < -0.3 is 15.0 Å². The molecular weight excluding hydrogens is 256 g/mol. The summed E-state index contributed by atoms with van der Waals surface area (Å²) in [5.74, 6) is 1.41. The topological polar surface area (TPSA) is 74.3 Å². The number of nitrogens with two attached hydrogens (primary N) is 1. The molecule has 1 heterocycles. The first-order valence-corrected chi connectivity index (χ1v) is 6.27. The Morgan fingerprint density at radius 3 is 2.50 bits per heavy atom. The van der Waals surface area contributed by atoms with Gasteiger partial charge in [-0.15, -0.1) is 12.3 Å². The van der Waals surface area contributed by atoms with Crippen molar-refractivity contribution in [2.24, 2.45) is 18.2 Å². The molecule has 1 aromatic heterocycles. The largest absolute Gasteiger partial charge is 0.456 e. The van der Waals surface area contributed by atoms with Gasteiger partial charge in [0, 0.05) is 19.7 Å². The minimum atomic E-state index is -0.587. The summed E-state index contributed by atoms with van der Waals surface area (Å²) in [5.41, 5.74) is 5.46. The summed E-state index contributed by atoms with van der Waals surface area (Å²) < 4.78 is 6.97. The molecule has 0 radical (unpaired) electrons. The first-order valence-electron chi connectivity index (χ1n) is 6.27. The fourth-order valence-corrected chi connectivity index (χ4v) is 1.72. The van der Waals surface area contributed by atoms with Crippen molar-refractivity contribution in [3.05, 3.63) is 23.5 Å². The number of hydrogen-bond donors (Lipinski definition) is 1. The number of carbonyl (C=O) groups excluding carboxylic acids is 2. The van der Waals surface area contributed by atoms with Crippen LogP contribution in [0.25, 0.3) is 0 Å². The van der Waals surface area contributed by atoms with Gasteiger partial charge in [-0.05, 0) is 11.5 Å². The van der Waals surface area contributed by atoms with E-state index in [1.165, 1.54) is 16.8 Å². The number of terminal acetylenes is 1. The number of aryl methyl sites for hydroxylation is 1. The lowest BCUT2D eigenvalue weighted by molar-refractivity contribution is -0.00148. The normalized spacial score (nSPS) is 12.6. The average molecular weight is 276 g/mol. The molecular formula is C15H20N2O3. The molecule has 2 N–H and O–H groups in total. The van der Waals surface area contributed by atoms with E-state index in [9.17, 15) is 9.59 Å². The second-order valence-corrected chi connectivity index (χ2v) is 5.76. The second-order valence-electron chi connectivity index (χ2n) is 5.76. The Hall–Kier alpha value is -2.22. The molecule has 1 rings (SSSR count). The van der Waals surface area contributed by atoms with Crippen LogP contribution >= 0.6 is 0 Å². The maximum Gasteiger partial charge on any atom is 0.355 e. The number of carbonyl (C=O) groups is 2. The molecule has 0 aromatic carbocycles. The van der Waals surface area contributed by atoms with Crippen LogP contribution in [0.5, 0.6) is 0 Å². The molecule has 1 unspecified atom stereocenters. The monoisotopic (exact) mass is 276 g/mol. The molecule has 0 aliphatic carbocycles. The SMILES string of the molecule is C#CCC(OC(=O)c1cc(C(N)=O)cn1C)C(C)(C)C. The van der Waals surface area contributed by atoms with E-state index in [0.29, 0.717) is 6.42 Å². The molecule has 1 amide bonds. The molecule has 0 saturated heterocycles. The number of primary amides is 1. The van der Waals surface area contributed by atoms with Crippen LogP contribution < -0.4 is 5.73 Å². The van der Waals surface area contributed by atoms with Crippen LogP contribution in [-0.4, -0.2) is 22.5 Å². The van der Waals surface area contributed by atoms with Gasteiger partial charge >= 0.3 is 5.97 Å². The van der Waals surface area contributed by atoms with Crippen molar-refractivity contribution < 1.29 is 14.3 Å². The van der Waals surface area contributed by atoms with E-state index < -0.39 is 18.0 Å². The first-order chi connectivity index (χ1) is 9.16. The minimum absolute atomic E-state index is 0.264. The Morgan fingerprint density at radius 1 is 1.50 bits per heavy atom. The van der Waals surface area contributed by atoms with Crippen LogP contribution in [0.2, 0.25) is 0 Å².